The third-order valence-electron chi connectivity index (χ3n) is 9.43. The summed E-state index contributed by atoms with van der Waals surface area (Å²) in [4.78, 5) is 30.8. The van der Waals surface area contributed by atoms with E-state index in [2.05, 4.69) is 5.32 Å². The number of rotatable bonds is 12. The maximum absolute atomic E-state index is 14.8. The van der Waals surface area contributed by atoms with E-state index < -0.39 is 28.5 Å². The Balaban J connectivity index is 1.58. The second-order valence-corrected chi connectivity index (χ2v) is 15.0. The zero-order valence-corrected chi connectivity index (χ0v) is 29.3. The fourth-order valence-corrected chi connectivity index (χ4v) is 7.82. The van der Waals surface area contributed by atoms with Crippen molar-refractivity contribution < 1.29 is 18.0 Å². The second-order valence-electron chi connectivity index (χ2n) is 13.1. The molecule has 1 saturated carbocycles. The van der Waals surface area contributed by atoms with Crippen LogP contribution in [0.5, 0.6) is 0 Å². The van der Waals surface area contributed by atoms with Gasteiger partial charge in [0.25, 0.3) is 10.0 Å². The Morgan fingerprint density at radius 1 is 0.750 bits per heavy atom. The molecule has 4 aromatic carbocycles. The molecule has 0 bridgehead atoms. The minimum atomic E-state index is -4.16. The van der Waals surface area contributed by atoms with Gasteiger partial charge in [0.15, 0.2) is 0 Å². The highest BCUT2D eigenvalue weighted by Gasteiger charge is 2.36. The van der Waals surface area contributed by atoms with E-state index in [9.17, 15) is 18.0 Å². The van der Waals surface area contributed by atoms with E-state index in [-0.39, 0.29) is 23.4 Å². The molecule has 1 aliphatic rings. The molecule has 7 nitrogen and oxygen atoms in total. The van der Waals surface area contributed by atoms with E-state index in [4.69, 9.17) is 0 Å². The van der Waals surface area contributed by atoms with Gasteiger partial charge >= 0.3 is 0 Å². The van der Waals surface area contributed by atoms with Crippen LogP contribution in [0.3, 0.4) is 0 Å². The van der Waals surface area contributed by atoms with Gasteiger partial charge in [0.2, 0.25) is 11.8 Å². The maximum Gasteiger partial charge on any atom is 0.264 e. The number of carbonyl (C=O) groups is 2. The lowest BCUT2D eigenvalue weighted by Gasteiger charge is -2.35. The van der Waals surface area contributed by atoms with Crippen LogP contribution in [0.1, 0.15) is 65.5 Å². The molecule has 0 saturated heterocycles. The molecule has 252 valence electrons. The van der Waals surface area contributed by atoms with Crippen molar-refractivity contribution in [3.05, 3.63) is 130 Å². The van der Waals surface area contributed by atoms with Crippen molar-refractivity contribution in [1.82, 2.24) is 10.2 Å². The minimum absolute atomic E-state index is 0.0502. The van der Waals surface area contributed by atoms with E-state index in [0.29, 0.717) is 12.1 Å². The number of amides is 2. The van der Waals surface area contributed by atoms with Crippen LogP contribution in [0.25, 0.3) is 0 Å². The van der Waals surface area contributed by atoms with Crippen molar-refractivity contribution in [3.63, 3.8) is 0 Å². The SMILES string of the molecule is Cc1ccc(CN(C(=O)CN(c2cccc(C)c2C)S(=O)(=O)c2ccc(C)cc2)[C@@H](Cc2ccccc2)C(=O)NC2CCCCC2)cc1. The van der Waals surface area contributed by atoms with Crippen molar-refractivity contribution in [2.45, 2.75) is 89.7 Å². The summed E-state index contributed by atoms with van der Waals surface area (Å²) < 4.78 is 30.0. The van der Waals surface area contributed by atoms with Crippen molar-refractivity contribution in [3.8, 4) is 0 Å². The summed E-state index contributed by atoms with van der Waals surface area (Å²) in [5.74, 6) is -0.669. The molecule has 0 aliphatic heterocycles. The zero-order valence-electron chi connectivity index (χ0n) is 28.5. The van der Waals surface area contributed by atoms with E-state index in [1.165, 1.54) is 4.31 Å². The average Bonchev–Trinajstić information content (AvgIpc) is 3.08. The van der Waals surface area contributed by atoms with Crippen molar-refractivity contribution in [1.29, 1.82) is 0 Å². The van der Waals surface area contributed by atoms with Crippen LogP contribution in [0.4, 0.5) is 5.69 Å². The Kier molecular flexibility index (Phi) is 11.4. The predicted octanol–water partition coefficient (Wildman–Crippen LogP) is 7.20. The highest BCUT2D eigenvalue weighted by atomic mass is 32.2. The van der Waals surface area contributed by atoms with Crippen molar-refractivity contribution in [2.75, 3.05) is 10.8 Å². The smallest absolute Gasteiger partial charge is 0.264 e. The monoisotopic (exact) mass is 665 g/mol. The number of anilines is 1. The Labute approximate surface area is 286 Å². The zero-order chi connectivity index (χ0) is 34.3. The molecule has 0 spiro atoms. The third kappa shape index (κ3) is 8.53. The molecule has 4 aromatic rings. The number of nitrogens with zero attached hydrogens (tertiary/aromatic N) is 2. The first-order valence-electron chi connectivity index (χ1n) is 16.9. The van der Waals surface area contributed by atoms with Crippen LogP contribution < -0.4 is 9.62 Å². The van der Waals surface area contributed by atoms with Gasteiger partial charge in [0.05, 0.1) is 10.6 Å². The highest BCUT2D eigenvalue weighted by molar-refractivity contribution is 7.92. The number of nitrogens with one attached hydrogen (secondary N) is 1. The largest absolute Gasteiger partial charge is 0.352 e. The summed E-state index contributed by atoms with van der Waals surface area (Å²) in [5, 5.41) is 3.27. The molecule has 1 N–H and O–H groups in total. The van der Waals surface area contributed by atoms with E-state index in [1.807, 2.05) is 88.4 Å². The summed E-state index contributed by atoms with van der Waals surface area (Å²) in [6, 6.07) is 28.9. The fraction of sp³-hybridized carbons (Fsp3) is 0.350. The Hall–Kier alpha value is -4.43. The number of benzene rings is 4. The number of hydrogen-bond donors (Lipinski definition) is 1. The number of sulfonamides is 1. The molecule has 0 radical (unpaired) electrons. The number of aryl methyl sites for hydroxylation is 3. The molecular formula is C40H47N3O4S. The maximum atomic E-state index is 14.8. The molecule has 1 fully saturated rings. The molecule has 0 heterocycles. The lowest BCUT2D eigenvalue weighted by atomic mass is 9.94. The van der Waals surface area contributed by atoms with Crippen LogP contribution in [0.15, 0.2) is 102 Å². The Morgan fingerprint density at radius 2 is 1.38 bits per heavy atom. The summed E-state index contributed by atoms with van der Waals surface area (Å²) in [6.45, 7) is 7.38. The highest BCUT2D eigenvalue weighted by Crippen LogP contribution is 2.30. The van der Waals surface area contributed by atoms with Crippen molar-refractivity contribution in [2.24, 2.45) is 0 Å². The molecule has 2 amide bonds. The lowest BCUT2D eigenvalue weighted by Crippen LogP contribution is -2.55. The van der Waals surface area contributed by atoms with Crippen LogP contribution in [-0.2, 0) is 32.6 Å². The molecule has 1 atom stereocenters. The minimum Gasteiger partial charge on any atom is -0.352 e. The van der Waals surface area contributed by atoms with Gasteiger partial charge in [-0.3, -0.25) is 13.9 Å². The molecule has 5 rings (SSSR count). The normalized spacial score (nSPS) is 14.2. The Bertz CT molecular complexity index is 1800. The van der Waals surface area contributed by atoms with Crippen molar-refractivity contribution >= 4 is 27.5 Å². The predicted molar refractivity (Wildman–Crippen MR) is 192 cm³/mol. The van der Waals surface area contributed by atoms with E-state index in [0.717, 1.165) is 65.5 Å². The van der Waals surface area contributed by atoms with Gasteiger partial charge in [0, 0.05) is 19.0 Å². The van der Waals surface area contributed by atoms with Gasteiger partial charge in [-0.15, -0.1) is 0 Å². The molecule has 0 unspecified atom stereocenters. The number of hydrogen-bond acceptors (Lipinski definition) is 4. The summed E-state index contributed by atoms with van der Waals surface area (Å²) in [6.07, 6.45) is 5.38. The first-order valence-corrected chi connectivity index (χ1v) is 18.3. The van der Waals surface area contributed by atoms with Gasteiger partial charge in [-0.25, -0.2) is 8.42 Å². The average molecular weight is 666 g/mol. The first kappa shape index (κ1) is 34.9. The molecule has 0 aromatic heterocycles. The van der Waals surface area contributed by atoms with Gasteiger partial charge in [0.1, 0.15) is 12.6 Å². The van der Waals surface area contributed by atoms with Gasteiger partial charge in [-0.2, -0.15) is 0 Å². The van der Waals surface area contributed by atoms with Crippen LogP contribution in [0, 0.1) is 27.7 Å². The first-order chi connectivity index (χ1) is 23.0. The molecule has 8 heteroatoms. The summed E-state index contributed by atoms with van der Waals surface area (Å²) in [5.41, 5.74) is 5.90. The lowest BCUT2D eigenvalue weighted by molar-refractivity contribution is -0.140. The summed E-state index contributed by atoms with van der Waals surface area (Å²) >= 11 is 0. The third-order valence-corrected chi connectivity index (χ3v) is 11.2. The van der Waals surface area contributed by atoms with E-state index >= 15 is 0 Å². The summed E-state index contributed by atoms with van der Waals surface area (Å²) in [7, 11) is -4.16. The topological polar surface area (TPSA) is 86.8 Å². The van der Waals surface area contributed by atoms with Crippen LogP contribution in [-0.4, -0.2) is 43.8 Å². The van der Waals surface area contributed by atoms with Gasteiger partial charge in [-0.1, -0.05) is 109 Å². The Morgan fingerprint density at radius 3 is 2.02 bits per heavy atom. The standard InChI is InChI=1S/C40H47N3O4S/c1-29-18-22-34(23-19-29)27-42(38(26-33-13-7-5-8-14-33)40(45)41-35-15-9-6-10-16-35)39(44)28-43(37-17-11-12-31(3)32(37)4)48(46,47)36-24-20-30(2)21-25-36/h5,7-8,11-14,17-25,35,38H,6,9-10,15-16,26-28H2,1-4H3,(H,41,45)/t38-/m0/s1. The van der Waals surface area contributed by atoms with E-state index in [1.54, 1.807) is 41.3 Å². The molecule has 48 heavy (non-hydrogen) atoms. The molecule has 1 aliphatic carbocycles. The number of carbonyl (C=O) groups excluding carboxylic acids is 2. The van der Waals surface area contributed by atoms with Gasteiger partial charge < -0.3 is 10.2 Å². The quantitative estimate of drug-likeness (QED) is 0.173. The fourth-order valence-electron chi connectivity index (χ4n) is 6.35. The van der Waals surface area contributed by atoms with Gasteiger partial charge in [-0.05, 0) is 81.0 Å². The van der Waals surface area contributed by atoms with Crippen LogP contribution >= 0.6 is 0 Å². The van der Waals surface area contributed by atoms with Crippen LogP contribution in [0.2, 0.25) is 0 Å². The molecular weight excluding hydrogens is 619 g/mol. The second kappa shape index (κ2) is 15.6.